The quantitative estimate of drug-likeness (QED) is 0.791. The molecule has 0 aliphatic carbocycles. The molecule has 0 aliphatic heterocycles. The maximum Gasteiger partial charge on any atom is 0.271 e. The van der Waals surface area contributed by atoms with Gasteiger partial charge in [-0.3, -0.25) is 25.4 Å². The molecule has 0 atom stereocenters. The Morgan fingerprint density at radius 2 is 1.52 bits per heavy atom. The van der Waals surface area contributed by atoms with E-state index in [0.29, 0.717) is 15.6 Å². The van der Waals surface area contributed by atoms with E-state index in [-0.39, 0.29) is 11.3 Å². The third-order valence-corrected chi connectivity index (χ3v) is 3.70. The zero-order valence-corrected chi connectivity index (χ0v) is 14.8. The summed E-state index contributed by atoms with van der Waals surface area (Å²) in [5.74, 6) is -0.805. The Kier molecular flexibility index (Phi) is 5.15. The maximum absolute atomic E-state index is 12.1. The van der Waals surface area contributed by atoms with Crippen LogP contribution in [0.5, 0.6) is 0 Å². The molecule has 1 aromatic heterocycles. The average Bonchev–Trinajstić information content (AvgIpc) is 2.51. The van der Waals surface area contributed by atoms with E-state index in [0.717, 1.165) is 5.56 Å². The molecule has 0 unspecified atom stereocenters. The summed E-state index contributed by atoms with van der Waals surface area (Å²) >= 11 is 3.24. The van der Waals surface area contributed by atoms with Crippen molar-refractivity contribution >= 4 is 27.7 Å². The number of benzene rings is 1. The third kappa shape index (κ3) is 4.63. The van der Waals surface area contributed by atoms with Gasteiger partial charge in [0.05, 0.1) is 5.56 Å². The van der Waals surface area contributed by atoms with Gasteiger partial charge in [-0.1, -0.05) is 32.9 Å². The fourth-order valence-electron chi connectivity index (χ4n) is 1.92. The predicted octanol–water partition coefficient (Wildman–Crippen LogP) is 3.22. The highest BCUT2D eigenvalue weighted by molar-refractivity contribution is 9.10. The molecule has 2 amide bonds. The average molecular weight is 376 g/mol. The van der Waals surface area contributed by atoms with Crippen molar-refractivity contribution in [2.24, 2.45) is 0 Å². The van der Waals surface area contributed by atoms with Crippen molar-refractivity contribution < 1.29 is 9.59 Å². The number of nitrogens with zero attached hydrogens (tertiary/aromatic N) is 1. The van der Waals surface area contributed by atoms with E-state index in [1.165, 1.54) is 6.20 Å². The Morgan fingerprint density at radius 1 is 0.957 bits per heavy atom. The summed E-state index contributed by atoms with van der Waals surface area (Å²) < 4.78 is 0.689. The molecule has 6 heteroatoms. The van der Waals surface area contributed by atoms with Gasteiger partial charge in [0, 0.05) is 22.4 Å². The molecule has 23 heavy (non-hydrogen) atoms. The standard InChI is InChI=1S/C17H18BrN3O2/c1-17(2,3)13-6-4-11(5-7-13)15(22)20-21-16(23)12-8-14(18)10-19-9-12/h4-10H,1-3H3,(H,20,22)(H,21,23). The fraction of sp³-hybridized carbons (Fsp3) is 0.235. The van der Waals surface area contributed by atoms with Gasteiger partial charge in [-0.05, 0) is 45.1 Å². The number of hydrazine groups is 1. The minimum absolute atomic E-state index is 0.0247. The third-order valence-electron chi connectivity index (χ3n) is 3.27. The molecule has 0 saturated heterocycles. The number of rotatable bonds is 2. The smallest absolute Gasteiger partial charge is 0.267 e. The minimum atomic E-state index is -0.432. The molecule has 0 radical (unpaired) electrons. The monoisotopic (exact) mass is 375 g/mol. The number of hydrogen-bond acceptors (Lipinski definition) is 3. The van der Waals surface area contributed by atoms with E-state index < -0.39 is 5.91 Å². The predicted molar refractivity (Wildman–Crippen MR) is 92.0 cm³/mol. The lowest BCUT2D eigenvalue weighted by Crippen LogP contribution is -2.41. The van der Waals surface area contributed by atoms with Crippen LogP contribution in [-0.4, -0.2) is 16.8 Å². The van der Waals surface area contributed by atoms with E-state index in [4.69, 9.17) is 0 Å². The second kappa shape index (κ2) is 6.91. The van der Waals surface area contributed by atoms with Gasteiger partial charge in [0.25, 0.3) is 11.8 Å². The van der Waals surface area contributed by atoms with Gasteiger partial charge in [0.2, 0.25) is 0 Å². The summed E-state index contributed by atoms with van der Waals surface area (Å²) in [6, 6.07) is 8.92. The van der Waals surface area contributed by atoms with Crippen LogP contribution in [0.2, 0.25) is 0 Å². The number of carbonyl (C=O) groups excluding carboxylic acids is 2. The summed E-state index contributed by atoms with van der Waals surface area (Å²) in [5, 5.41) is 0. The van der Waals surface area contributed by atoms with Crippen molar-refractivity contribution in [3.05, 3.63) is 63.9 Å². The van der Waals surface area contributed by atoms with Gasteiger partial charge in [-0.25, -0.2) is 0 Å². The van der Waals surface area contributed by atoms with Gasteiger partial charge >= 0.3 is 0 Å². The van der Waals surface area contributed by atoms with Crippen LogP contribution in [0, 0.1) is 0 Å². The molecule has 0 fully saturated rings. The summed E-state index contributed by atoms with van der Waals surface area (Å²) in [5.41, 5.74) is 6.75. The van der Waals surface area contributed by atoms with Crippen LogP contribution in [0.25, 0.3) is 0 Å². The zero-order chi connectivity index (χ0) is 17.0. The van der Waals surface area contributed by atoms with Gasteiger partial charge in [-0.2, -0.15) is 0 Å². The SMILES string of the molecule is CC(C)(C)c1ccc(C(=O)NNC(=O)c2cncc(Br)c2)cc1. The second-order valence-corrected chi connectivity index (χ2v) is 7.04. The van der Waals surface area contributed by atoms with E-state index >= 15 is 0 Å². The molecule has 1 heterocycles. The Balaban J connectivity index is 1.98. The lowest BCUT2D eigenvalue weighted by atomic mass is 9.87. The molecular weight excluding hydrogens is 358 g/mol. The Bertz CT molecular complexity index is 721. The highest BCUT2D eigenvalue weighted by Gasteiger charge is 2.14. The first kappa shape index (κ1) is 17.1. The molecule has 0 spiro atoms. The van der Waals surface area contributed by atoms with Crippen molar-refractivity contribution in [1.29, 1.82) is 0 Å². The fourth-order valence-corrected chi connectivity index (χ4v) is 2.28. The summed E-state index contributed by atoms with van der Waals surface area (Å²) in [4.78, 5) is 27.9. The van der Waals surface area contributed by atoms with Gasteiger partial charge in [-0.15, -0.1) is 0 Å². The van der Waals surface area contributed by atoms with Crippen LogP contribution in [0.4, 0.5) is 0 Å². The highest BCUT2D eigenvalue weighted by atomic mass is 79.9. The molecule has 0 aliphatic rings. The number of carbonyl (C=O) groups is 2. The van der Waals surface area contributed by atoms with Crippen LogP contribution >= 0.6 is 15.9 Å². The summed E-state index contributed by atoms with van der Waals surface area (Å²) in [6.45, 7) is 6.32. The Hall–Kier alpha value is -2.21. The largest absolute Gasteiger partial charge is 0.271 e. The van der Waals surface area contributed by atoms with Gasteiger partial charge in [0.1, 0.15) is 0 Å². The topological polar surface area (TPSA) is 71.1 Å². The van der Waals surface area contributed by atoms with Crippen molar-refractivity contribution in [2.75, 3.05) is 0 Å². The second-order valence-electron chi connectivity index (χ2n) is 6.13. The number of aromatic nitrogens is 1. The first-order chi connectivity index (χ1) is 10.8. The number of hydrogen-bond donors (Lipinski definition) is 2. The van der Waals surface area contributed by atoms with Crippen molar-refractivity contribution in [3.8, 4) is 0 Å². The molecular formula is C17H18BrN3O2. The molecule has 0 saturated carbocycles. The Morgan fingerprint density at radius 3 is 2.04 bits per heavy atom. The van der Waals surface area contributed by atoms with Crippen LogP contribution in [0.15, 0.2) is 47.2 Å². The van der Waals surface area contributed by atoms with Crippen LogP contribution in [0.1, 0.15) is 47.1 Å². The number of amides is 2. The van der Waals surface area contributed by atoms with Gasteiger partial charge < -0.3 is 0 Å². The molecule has 5 nitrogen and oxygen atoms in total. The summed E-state index contributed by atoms with van der Waals surface area (Å²) in [6.07, 6.45) is 3.00. The Labute approximate surface area is 143 Å². The lowest BCUT2D eigenvalue weighted by molar-refractivity contribution is 0.0846. The molecule has 1 aromatic carbocycles. The van der Waals surface area contributed by atoms with Crippen molar-refractivity contribution in [3.63, 3.8) is 0 Å². The normalized spacial score (nSPS) is 11.0. The number of pyridine rings is 1. The zero-order valence-electron chi connectivity index (χ0n) is 13.2. The van der Waals surface area contributed by atoms with E-state index in [1.807, 2.05) is 12.1 Å². The molecule has 2 N–H and O–H groups in total. The number of halogens is 1. The maximum atomic E-state index is 12.1. The van der Waals surface area contributed by atoms with Gasteiger partial charge in [0.15, 0.2) is 0 Å². The van der Waals surface area contributed by atoms with E-state index in [1.54, 1.807) is 24.4 Å². The van der Waals surface area contributed by atoms with E-state index in [9.17, 15) is 9.59 Å². The first-order valence-electron chi connectivity index (χ1n) is 7.09. The first-order valence-corrected chi connectivity index (χ1v) is 7.88. The number of nitrogens with one attached hydrogen (secondary N) is 2. The molecule has 120 valence electrons. The highest BCUT2D eigenvalue weighted by Crippen LogP contribution is 2.22. The van der Waals surface area contributed by atoms with Crippen molar-refractivity contribution in [1.82, 2.24) is 15.8 Å². The van der Waals surface area contributed by atoms with Crippen LogP contribution in [-0.2, 0) is 5.41 Å². The molecule has 2 rings (SSSR count). The summed E-state index contributed by atoms with van der Waals surface area (Å²) in [7, 11) is 0. The van der Waals surface area contributed by atoms with Crippen LogP contribution in [0.3, 0.4) is 0 Å². The lowest BCUT2D eigenvalue weighted by Gasteiger charge is -2.19. The minimum Gasteiger partial charge on any atom is -0.267 e. The molecule has 0 bridgehead atoms. The van der Waals surface area contributed by atoms with Crippen LogP contribution < -0.4 is 10.9 Å². The van der Waals surface area contributed by atoms with E-state index in [2.05, 4.69) is 52.5 Å². The molecule has 2 aromatic rings. The van der Waals surface area contributed by atoms with Crippen molar-refractivity contribution in [2.45, 2.75) is 26.2 Å².